The van der Waals surface area contributed by atoms with Crippen LogP contribution in [0, 0.1) is 0 Å². The number of carbonyl (C=O) groups is 1. The van der Waals surface area contributed by atoms with Gasteiger partial charge in [0.25, 0.3) is 0 Å². The van der Waals surface area contributed by atoms with Crippen molar-refractivity contribution in [1.82, 2.24) is 9.88 Å². The van der Waals surface area contributed by atoms with E-state index in [1.54, 1.807) is 16.8 Å². The summed E-state index contributed by atoms with van der Waals surface area (Å²) in [6, 6.07) is 8.77. The van der Waals surface area contributed by atoms with E-state index < -0.39 is 0 Å². The molecule has 0 spiro atoms. The van der Waals surface area contributed by atoms with Crippen LogP contribution in [0.1, 0.15) is 26.7 Å². The van der Waals surface area contributed by atoms with Crippen LogP contribution in [-0.4, -0.2) is 22.6 Å². The van der Waals surface area contributed by atoms with Gasteiger partial charge in [0.05, 0.1) is 5.52 Å². The molecule has 1 aromatic heterocycles. The molecule has 2 rings (SSSR count). The van der Waals surface area contributed by atoms with Crippen molar-refractivity contribution in [2.45, 2.75) is 38.8 Å². The Balaban J connectivity index is 2.13. The molecule has 5 nitrogen and oxygen atoms in total. The van der Waals surface area contributed by atoms with Crippen molar-refractivity contribution >= 4 is 16.8 Å². The molecule has 0 fully saturated rings. The van der Waals surface area contributed by atoms with E-state index in [0.717, 1.165) is 18.4 Å². The predicted molar refractivity (Wildman–Crippen MR) is 88.7 cm³/mol. The van der Waals surface area contributed by atoms with Gasteiger partial charge in [0.1, 0.15) is 6.54 Å². The van der Waals surface area contributed by atoms with E-state index in [9.17, 15) is 9.59 Å². The van der Waals surface area contributed by atoms with Gasteiger partial charge in [-0.15, -0.1) is 0 Å². The summed E-state index contributed by atoms with van der Waals surface area (Å²) in [6.45, 7) is 4.66. The first-order valence-electron chi connectivity index (χ1n) is 7.63. The van der Waals surface area contributed by atoms with Crippen LogP contribution < -0.4 is 16.5 Å². The van der Waals surface area contributed by atoms with Gasteiger partial charge in [-0.2, -0.15) is 0 Å². The summed E-state index contributed by atoms with van der Waals surface area (Å²) in [4.78, 5) is 24.0. The Bertz CT molecular complexity index is 717. The standard InChI is InChI=1S/C17H23N3O2/c1-3-17(18,4-2)12-19-16(22)11-20-10-9-15(21)13-7-5-6-8-14(13)20/h5-10H,3-4,11-12,18H2,1-2H3,(H,19,22). The Labute approximate surface area is 130 Å². The number of para-hydroxylation sites is 1. The second-order valence-electron chi connectivity index (χ2n) is 5.67. The van der Waals surface area contributed by atoms with Crippen molar-refractivity contribution in [2.75, 3.05) is 6.54 Å². The second-order valence-corrected chi connectivity index (χ2v) is 5.67. The second kappa shape index (κ2) is 6.75. The Morgan fingerprint density at radius 3 is 2.59 bits per heavy atom. The highest BCUT2D eigenvalue weighted by Gasteiger charge is 2.20. The first kappa shape index (κ1) is 16.2. The summed E-state index contributed by atoms with van der Waals surface area (Å²) in [5, 5.41) is 3.51. The maximum atomic E-state index is 12.2. The topological polar surface area (TPSA) is 77.1 Å². The van der Waals surface area contributed by atoms with E-state index in [-0.39, 0.29) is 23.4 Å². The molecule has 1 amide bonds. The van der Waals surface area contributed by atoms with Crippen LogP contribution in [-0.2, 0) is 11.3 Å². The Kier molecular flexibility index (Phi) is 4.98. The molecule has 5 heteroatoms. The number of amides is 1. The third kappa shape index (κ3) is 3.54. The number of carbonyl (C=O) groups excluding carboxylic acids is 1. The molecule has 0 unspecified atom stereocenters. The lowest BCUT2D eigenvalue weighted by atomic mass is 9.94. The lowest BCUT2D eigenvalue weighted by Crippen LogP contribution is -2.49. The molecular weight excluding hydrogens is 278 g/mol. The lowest BCUT2D eigenvalue weighted by molar-refractivity contribution is -0.121. The van der Waals surface area contributed by atoms with Gasteiger partial charge in [-0.3, -0.25) is 9.59 Å². The molecule has 1 aromatic carbocycles. The van der Waals surface area contributed by atoms with Gasteiger partial charge in [0, 0.05) is 29.7 Å². The van der Waals surface area contributed by atoms with Gasteiger partial charge in [-0.1, -0.05) is 26.0 Å². The van der Waals surface area contributed by atoms with Crippen molar-refractivity contribution in [3.63, 3.8) is 0 Å². The van der Waals surface area contributed by atoms with Crippen LogP contribution >= 0.6 is 0 Å². The number of nitrogens with two attached hydrogens (primary N) is 1. The minimum atomic E-state index is -0.360. The van der Waals surface area contributed by atoms with Gasteiger partial charge >= 0.3 is 0 Å². The van der Waals surface area contributed by atoms with Gasteiger partial charge in [0.2, 0.25) is 5.91 Å². The van der Waals surface area contributed by atoms with E-state index in [1.807, 2.05) is 32.0 Å². The Morgan fingerprint density at radius 2 is 1.91 bits per heavy atom. The van der Waals surface area contributed by atoms with E-state index in [2.05, 4.69) is 5.32 Å². The van der Waals surface area contributed by atoms with Crippen LogP contribution in [0.15, 0.2) is 41.3 Å². The molecular formula is C17H23N3O2. The third-order valence-corrected chi connectivity index (χ3v) is 4.24. The van der Waals surface area contributed by atoms with Crippen molar-refractivity contribution < 1.29 is 4.79 Å². The zero-order chi connectivity index (χ0) is 16.2. The smallest absolute Gasteiger partial charge is 0.240 e. The summed E-state index contributed by atoms with van der Waals surface area (Å²) in [6.07, 6.45) is 3.27. The number of nitrogens with one attached hydrogen (secondary N) is 1. The predicted octanol–water partition coefficient (Wildman–Crippen LogP) is 1.64. The molecule has 118 valence electrons. The molecule has 0 aliphatic heterocycles. The molecule has 0 saturated carbocycles. The molecule has 3 N–H and O–H groups in total. The van der Waals surface area contributed by atoms with E-state index in [4.69, 9.17) is 5.73 Å². The number of benzene rings is 1. The minimum absolute atomic E-state index is 0.0369. The first-order valence-corrected chi connectivity index (χ1v) is 7.63. The van der Waals surface area contributed by atoms with Crippen molar-refractivity contribution in [1.29, 1.82) is 0 Å². The number of nitrogens with zero attached hydrogens (tertiary/aromatic N) is 1. The fraction of sp³-hybridized carbons (Fsp3) is 0.412. The quantitative estimate of drug-likeness (QED) is 0.851. The van der Waals surface area contributed by atoms with Crippen LogP contribution in [0.2, 0.25) is 0 Å². The first-order chi connectivity index (χ1) is 10.5. The number of pyridine rings is 1. The fourth-order valence-corrected chi connectivity index (χ4v) is 2.38. The molecule has 0 bridgehead atoms. The average Bonchev–Trinajstić information content (AvgIpc) is 2.55. The normalized spacial score (nSPS) is 11.6. The van der Waals surface area contributed by atoms with Gasteiger partial charge < -0.3 is 15.6 Å². The minimum Gasteiger partial charge on any atom is -0.353 e. The van der Waals surface area contributed by atoms with E-state index in [1.165, 1.54) is 6.07 Å². The van der Waals surface area contributed by atoms with Gasteiger partial charge in [0.15, 0.2) is 5.43 Å². The zero-order valence-electron chi connectivity index (χ0n) is 13.1. The molecule has 0 saturated heterocycles. The number of fused-ring (bicyclic) bond motifs is 1. The SMILES string of the molecule is CCC(N)(CC)CNC(=O)Cn1ccc(=O)c2ccccc21. The van der Waals surface area contributed by atoms with Crippen molar-refractivity contribution in [3.8, 4) is 0 Å². The number of rotatable bonds is 6. The highest BCUT2D eigenvalue weighted by Crippen LogP contribution is 2.11. The van der Waals surface area contributed by atoms with Crippen molar-refractivity contribution in [3.05, 3.63) is 46.8 Å². The van der Waals surface area contributed by atoms with E-state index in [0.29, 0.717) is 11.9 Å². The molecule has 1 heterocycles. The largest absolute Gasteiger partial charge is 0.353 e. The highest BCUT2D eigenvalue weighted by molar-refractivity contribution is 5.82. The summed E-state index contributed by atoms with van der Waals surface area (Å²) >= 11 is 0. The Morgan fingerprint density at radius 1 is 1.23 bits per heavy atom. The molecule has 2 aromatic rings. The maximum absolute atomic E-state index is 12.2. The van der Waals surface area contributed by atoms with E-state index >= 15 is 0 Å². The third-order valence-electron chi connectivity index (χ3n) is 4.24. The maximum Gasteiger partial charge on any atom is 0.240 e. The van der Waals surface area contributed by atoms with Crippen LogP contribution in [0.4, 0.5) is 0 Å². The number of hydrogen-bond donors (Lipinski definition) is 2. The number of aromatic nitrogens is 1. The van der Waals surface area contributed by atoms with Crippen LogP contribution in [0.5, 0.6) is 0 Å². The zero-order valence-corrected chi connectivity index (χ0v) is 13.1. The fourth-order valence-electron chi connectivity index (χ4n) is 2.38. The molecule has 0 atom stereocenters. The monoisotopic (exact) mass is 301 g/mol. The van der Waals surface area contributed by atoms with Crippen LogP contribution in [0.3, 0.4) is 0 Å². The molecule has 0 radical (unpaired) electrons. The molecule has 0 aliphatic rings. The van der Waals surface area contributed by atoms with Gasteiger partial charge in [-0.05, 0) is 25.0 Å². The van der Waals surface area contributed by atoms with Crippen molar-refractivity contribution in [2.24, 2.45) is 5.73 Å². The summed E-state index contributed by atoms with van der Waals surface area (Å²) in [5.41, 5.74) is 6.55. The summed E-state index contributed by atoms with van der Waals surface area (Å²) in [7, 11) is 0. The molecule has 0 aliphatic carbocycles. The Hall–Kier alpha value is -2.14. The summed E-state index contributed by atoms with van der Waals surface area (Å²) in [5.74, 6) is -0.106. The van der Waals surface area contributed by atoms with Crippen LogP contribution in [0.25, 0.3) is 10.9 Å². The molecule has 22 heavy (non-hydrogen) atoms. The highest BCUT2D eigenvalue weighted by atomic mass is 16.2. The van der Waals surface area contributed by atoms with Gasteiger partial charge in [-0.25, -0.2) is 0 Å². The number of hydrogen-bond acceptors (Lipinski definition) is 3. The summed E-state index contributed by atoms with van der Waals surface area (Å²) < 4.78 is 1.78. The average molecular weight is 301 g/mol. The lowest BCUT2D eigenvalue weighted by Gasteiger charge is -2.27.